The Morgan fingerprint density at radius 1 is 1.67 bits per heavy atom. The first-order chi connectivity index (χ1) is 7.13. The Morgan fingerprint density at radius 2 is 2.40 bits per heavy atom. The largest absolute Gasteiger partial charge is 0.481 e. The number of hydrogen-bond acceptors (Lipinski definition) is 7. The first kappa shape index (κ1) is 11.9. The lowest BCUT2D eigenvalue weighted by Gasteiger charge is -1.92. The second kappa shape index (κ2) is 5.63. The lowest BCUT2D eigenvalue weighted by atomic mass is 10.5. The third-order valence-corrected chi connectivity index (χ3v) is 2.48. The molecule has 0 bridgehead atoms. The highest BCUT2D eigenvalue weighted by Gasteiger charge is 2.07. The van der Waals surface area contributed by atoms with Crippen LogP contribution in [-0.2, 0) is 4.79 Å². The van der Waals surface area contributed by atoms with E-state index in [9.17, 15) is 4.79 Å². The first-order valence-electron chi connectivity index (χ1n) is 3.72. The van der Waals surface area contributed by atoms with Crippen molar-refractivity contribution in [1.29, 1.82) is 0 Å². The predicted octanol–water partition coefficient (Wildman–Crippen LogP) is -0.155. The highest BCUT2D eigenvalue weighted by atomic mass is 32.2. The zero-order chi connectivity index (χ0) is 11.3. The molecule has 9 heteroatoms. The zero-order valence-corrected chi connectivity index (χ0v) is 9.14. The lowest BCUT2D eigenvalue weighted by Crippen LogP contribution is -1.99. The molecule has 0 saturated carbocycles. The minimum Gasteiger partial charge on any atom is -0.481 e. The maximum atomic E-state index is 10.3. The molecule has 0 spiro atoms. The summed E-state index contributed by atoms with van der Waals surface area (Å²) in [6, 6.07) is 0. The van der Waals surface area contributed by atoms with E-state index in [1.807, 2.05) is 0 Å². The highest BCUT2D eigenvalue weighted by molar-refractivity contribution is 8.00. The minimum absolute atomic E-state index is 0.0907. The van der Waals surface area contributed by atoms with E-state index in [0.717, 1.165) is 23.7 Å². The van der Waals surface area contributed by atoms with Crippen LogP contribution in [0.2, 0.25) is 0 Å². The summed E-state index contributed by atoms with van der Waals surface area (Å²) in [5.41, 5.74) is 5.93. The average molecular weight is 247 g/mol. The van der Waals surface area contributed by atoms with Gasteiger partial charge in [0.2, 0.25) is 5.16 Å². The second-order valence-electron chi connectivity index (χ2n) is 2.36. The van der Waals surface area contributed by atoms with Crippen LogP contribution in [0.25, 0.3) is 5.70 Å². The summed E-state index contributed by atoms with van der Waals surface area (Å²) >= 11 is 1.97. The van der Waals surface area contributed by atoms with Gasteiger partial charge in [0.05, 0.1) is 11.4 Å². The molecule has 0 fully saturated rings. The lowest BCUT2D eigenvalue weighted by molar-refractivity contribution is -0.133. The Kier molecular flexibility index (Phi) is 4.46. The highest BCUT2D eigenvalue weighted by Crippen LogP contribution is 2.14. The minimum atomic E-state index is -0.924. The summed E-state index contributed by atoms with van der Waals surface area (Å²) in [7, 11) is 0. The van der Waals surface area contributed by atoms with Crippen molar-refractivity contribution < 1.29 is 9.90 Å². The summed E-state index contributed by atoms with van der Waals surface area (Å²) in [6.45, 7) is 0. The van der Waals surface area contributed by atoms with Gasteiger partial charge in [-0.05, 0) is 0 Å². The van der Waals surface area contributed by atoms with Gasteiger partial charge in [0.25, 0.3) is 0 Å². The fourth-order valence-electron chi connectivity index (χ4n) is 0.695. The smallest absolute Gasteiger partial charge is 0.313 e. The van der Waals surface area contributed by atoms with Crippen LogP contribution in [0, 0.1) is 0 Å². The van der Waals surface area contributed by atoms with Gasteiger partial charge in [-0.3, -0.25) is 15.0 Å². The molecular formula is C6H9N5O2S2. The summed E-state index contributed by atoms with van der Waals surface area (Å²) < 4.78 is 0. The number of aliphatic carboxylic acids is 1. The van der Waals surface area contributed by atoms with Gasteiger partial charge >= 0.3 is 5.97 Å². The molecule has 0 saturated heterocycles. The predicted molar refractivity (Wildman–Crippen MR) is 58.7 cm³/mol. The van der Waals surface area contributed by atoms with Gasteiger partial charge in [-0.25, -0.2) is 0 Å². The van der Waals surface area contributed by atoms with Crippen molar-refractivity contribution >= 4 is 35.4 Å². The second-order valence-corrected chi connectivity index (χ2v) is 3.81. The van der Waals surface area contributed by atoms with Crippen LogP contribution >= 0.6 is 23.7 Å². The van der Waals surface area contributed by atoms with E-state index in [2.05, 4.69) is 15.2 Å². The van der Waals surface area contributed by atoms with E-state index in [-0.39, 0.29) is 5.75 Å². The fraction of sp³-hybridized carbons (Fsp3) is 0.167. The Hall–Kier alpha value is -1.19. The van der Waals surface area contributed by atoms with E-state index in [4.69, 9.17) is 16.0 Å². The molecule has 0 amide bonds. The van der Waals surface area contributed by atoms with Gasteiger partial charge in [0.15, 0.2) is 5.82 Å². The van der Waals surface area contributed by atoms with Crippen LogP contribution in [0.3, 0.4) is 0 Å². The van der Waals surface area contributed by atoms with E-state index >= 15 is 0 Å². The maximum absolute atomic E-state index is 10.3. The third kappa shape index (κ3) is 3.81. The molecule has 0 aliphatic carbocycles. The number of aromatic amines is 1. The van der Waals surface area contributed by atoms with Gasteiger partial charge < -0.3 is 10.8 Å². The van der Waals surface area contributed by atoms with Crippen LogP contribution in [0.1, 0.15) is 5.82 Å². The molecule has 1 aromatic rings. The van der Waals surface area contributed by atoms with E-state index in [1.165, 1.54) is 5.41 Å². The van der Waals surface area contributed by atoms with Crippen molar-refractivity contribution in [3.05, 3.63) is 11.2 Å². The summed E-state index contributed by atoms with van der Waals surface area (Å²) in [4.78, 5) is 14.2. The molecule has 6 N–H and O–H groups in total. The number of nitrogens with one attached hydrogen (secondary N) is 1. The molecule has 7 nitrogen and oxygen atoms in total. The molecule has 0 aliphatic rings. The van der Waals surface area contributed by atoms with E-state index < -0.39 is 5.97 Å². The number of carboxylic acids is 1. The number of H-pyrrole nitrogens is 1. The van der Waals surface area contributed by atoms with Crippen molar-refractivity contribution in [2.75, 3.05) is 5.75 Å². The molecule has 0 radical (unpaired) electrons. The molecule has 0 aromatic carbocycles. The standard InChI is InChI=1S/C6H9N5O2S2/c7-3(1-15-8)5-9-6(11-10-5)14-2-4(12)13/h1H,2,7-8H2,(H,12,13)(H,9,10,11)/b3-1-. The van der Waals surface area contributed by atoms with Gasteiger partial charge in [0.1, 0.15) is 0 Å². The molecule has 0 atom stereocenters. The number of thioether (sulfide) groups is 1. The number of hydrogen-bond donors (Lipinski definition) is 4. The number of nitrogens with zero attached hydrogens (tertiary/aromatic N) is 2. The maximum Gasteiger partial charge on any atom is 0.313 e. The molecule has 15 heavy (non-hydrogen) atoms. The number of carboxylic acid groups (broad SMARTS) is 1. The Morgan fingerprint density at radius 3 is 3.00 bits per heavy atom. The molecule has 1 rings (SSSR count). The Balaban J connectivity index is 2.64. The number of nitrogens with two attached hydrogens (primary N) is 2. The van der Waals surface area contributed by atoms with Crippen LogP contribution in [0.15, 0.2) is 10.6 Å². The molecule has 0 unspecified atom stereocenters. The monoisotopic (exact) mass is 247 g/mol. The van der Waals surface area contributed by atoms with Crippen molar-refractivity contribution in [2.45, 2.75) is 5.16 Å². The first-order valence-corrected chi connectivity index (χ1v) is 5.65. The van der Waals surface area contributed by atoms with Crippen molar-refractivity contribution in [1.82, 2.24) is 15.2 Å². The Bertz CT molecular complexity index is 377. The third-order valence-electron chi connectivity index (χ3n) is 1.26. The zero-order valence-electron chi connectivity index (χ0n) is 7.51. The SMILES string of the molecule is NS/C=C(\N)c1nc(SCC(=O)O)n[nH]1. The quantitative estimate of drug-likeness (QED) is 0.417. The number of rotatable bonds is 5. The van der Waals surface area contributed by atoms with Crippen LogP contribution in [0.5, 0.6) is 0 Å². The van der Waals surface area contributed by atoms with Crippen LogP contribution in [0.4, 0.5) is 0 Å². The summed E-state index contributed by atoms with van der Waals surface area (Å²) in [5, 5.41) is 21.8. The summed E-state index contributed by atoms with van der Waals surface area (Å²) in [6.07, 6.45) is 0. The van der Waals surface area contributed by atoms with Crippen LogP contribution in [-0.4, -0.2) is 32.0 Å². The van der Waals surface area contributed by atoms with Crippen molar-refractivity contribution in [2.24, 2.45) is 10.9 Å². The van der Waals surface area contributed by atoms with Gasteiger partial charge in [0, 0.05) is 5.41 Å². The van der Waals surface area contributed by atoms with Gasteiger partial charge in [-0.2, -0.15) is 4.98 Å². The normalized spacial score (nSPS) is 11.7. The van der Waals surface area contributed by atoms with Gasteiger partial charge in [-0.15, -0.1) is 5.10 Å². The van der Waals surface area contributed by atoms with Crippen molar-refractivity contribution in [3.8, 4) is 0 Å². The van der Waals surface area contributed by atoms with E-state index in [1.54, 1.807) is 0 Å². The average Bonchev–Trinajstić information content (AvgIpc) is 2.63. The fourth-order valence-corrected chi connectivity index (χ4v) is 1.47. The topological polar surface area (TPSA) is 131 Å². The summed E-state index contributed by atoms with van der Waals surface area (Å²) in [5.74, 6) is -0.639. The van der Waals surface area contributed by atoms with Crippen LogP contribution < -0.4 is 10.9 Å². The number of carbonyl (C=O) groups is 1. The molecule has 1 heterocycles. The molecule has 82 valence electrons. The van der Waals surface area contributed by atoms with E-state index in [0.29, 0.717) is 16.7 Å². The molecule has 1 aromatic heterocycles. The van der Waals surface area contributed by atoms with Crippen molar-refractivity contribution in [3.63, 3.8) is 0 Å². The Labute approximate surface area is 93.8 Å². The number of aromatic nitrogens is 3. The molecular weight excluding hydrogens is 238 g/mol. The molecule has 0 aliphatic heterocycles. The van der Waals surface area contributed by atoms with Gasteiger partial charge in [-0.1, -0.05) is 23.7 Å².